The number of aliphatic hydroxyl groups excluding tert-OH is 1. The molecule has 1 aromatic heterocycles. The van der Waals surface area contributed by atoms with Gasteiger partial charge in [0, 0.05) is 6.42 Å². The zero-order valence-corrected chi connectivity index (χ0v) is 11.7. The first-order chi connectivity index (χ1) is 10.3. The smallest absolute Gasteiger partial charge is 0.220 e. The topological polar surface area (TPSA) is 71.7 Å². The van der Waals surface area contributed by atoms with Gasteiger partial charge in [0.15, 0.2) is 0 Å². The summed E-state index contributed by atoms with van der Waals surface area (Å²) in [6, 6.07) is 12.4. The number of furan rings is 1. The minimum Gasteiger partial charge on any atom is -0.494 e. The average Bonchev–Trinajstić information content (AvgIpc) is 3.04. The minimum absolute atomic E-state index is 0.137. The summed E-state index contributed by atoms with van der Waals surface area (Å²) >= 11 is 0. The highest BCUT2D eigenvalue weighted by molar-refractivity contribution is 5.76. The van der Waals surface area contributed by atoms with Crippen LogP contribution in [0.15, 0.2) is 53.1 Å². The van der Waals surface area contributed by atoms with Crippen molar-refractivity contribution < 1.29 is 19.1 Å². The van der Waals surface area contributed by atoms with Crippen LogP contribution in [0.4, 0.5) is 0 Å². The van der Waals surface area contributed by atoms with Crippen LogP contribution in [-0.4, -0.2) is 24.2 Å². The van der Waals surface area contributed by atoms with E-state index in [9.17, 15) is 9.90 Å². The Morgan fingerprint density at radius 1 is 1.24 bits per heavy atom. The van der Waals surface area contributed by atoms with Crippen molar-refractivity contribution in [2.75, 3.05) is 13.2 Å². The van der Waals surface area contributed by atoms with Crippen molar-refractivity contribution >= 4 is 5.91 Å². The molecule has 0 aliphatic carbocycles. The Morgan fingerprint density at radius 2 is 2.05 bits per heavy atom. The minimum atomic E-state index is -0.498. The van der Waals surface area contributed by atoms with Gasteiger partial charge in [-0.15, -0.1) is 0 Å². The van der Waals surface area contributed by atoms with Gasteiger partial charge in [-0.2, -0.15) is 0 Å². The number of para-hydroxylation sites is 1. The van der Waals surface area contributed by atoms with Crippen LogP contribution < -0.4 is 10.1 Å². The molecule has 0 bridgehead atoms. The number of aliphatic hydroxyl groups is 1. The molecule has 2 aromatic rings. The molecule has 1 atom stereocenters. The lowest BCUT2D eigenvalue weighted by atomic mass is 10.2. The Kier molecular flexibility index (Phi) is 5.84. The highest BCUT2D eigenvalue weighted by atomic mass is 16.5. The van der Waals surface area contributed by atoms with Crippen molar-refractivity contribution in [1.82, 2.24) is 5.32 Å². The monoisotopic (exact) mass is 289 g/mol. The zero-order chi connectivity index (χ0) is 14.9. The van der Waals surface area contributed by atoms with E-state index >= 15 is 0 Å². The Morgan fingerprint density at radius 3 is 2.71 bits per heavy atom. The molecule has 112 valence electrons. The summed E-state index contributed by atoms with van der Waals surface area (Å²) < 4.78 is 10.7. The third-order valence-electron chi connectivity index (χ3n) is 2.96. The lowest BCUT2D eigenvalue weighted by molar-refractivity contribution is -0.122. The van der Waals surface area contributed by atoms with Gasteiger partial charge >= 0.3 is 0 Å². The molecule has 21 heavy (non-hydrogen) atoms. The Hall–Kier alpha value is -2.27. The molecule has 1 amide bonds. The molecule has 0 aliphatic rings. The Bertz CT molecular complexity index is 524. The Balaban J connectivity index is 1.67. The van der Waals surface area contributed by atoms with E-state index in [1.165, 1.54) is 6.26 Å². The summed E-state index contributed by atoms with van der Waals surface area (Å²) in [7, 11) is 0. The molecule has 2 rings (SSSR count). The number of nitrogens with one attached hydrogen (secondary N) is 1. The molecule has 2 N–H and O–H groups in total. The van der Waals surface area contributed by atoms with Crippen molar-refractivity contribution in [2.24, 2.45) is 0 Å². The van der Waals surface area contributed by atoms with Crippen molar-refractivity contribution in [1.29, 1.82) is 0 Å². The number of carbonyl (C=O) groups is 1. The van der Waals surface area contributed by atoms with E-state index in [1.807, 2.05) is 30.3 Å². The van der Waals surface area contributed by atoms with Crippen LogP contribution in [0.25, 0.3) is 0 Å². The molecule has 1 unspecified atom stereocenters. The van der Waals surface area contributed by atoms with Gasteiger partial charge < -0.3 is 19.6 Å². The summed E-state index contributed by atoms with van der Waals surface area (Å²) in [5.74, 6) is 1.20. The predicted octanol–water partition coefficient (Wildman–Crippen LogP) is 2.29. The van der Waals surface area contributed by atoms with Crippen LogP contribution in [0.3, 0.4) is 0 Å². The maximum absolute atomic E-state index is 11.8. The van der Waals surface area contributed by atoms with Crippen LogP contribution in [0.2, 0.25) is 0 Å². The van der Waals surface area contributed by atoms with Gasteiger partial charge in [0.1, 0.15) is 17.6 Å². The number of hydrogen-bond donors (Lipinski definition) is 2. The molecule has 0 saturated heterocycles. The molecule has 0 aliphatic heterocycles. The summed E-state index contributed by atoms with van der Waals surface area (Å²) in [5, 5.41) is 12.0. The zero-order valence-electron chi connectivity index (χ0n) is 11.7. The molecule has 0 saturated carbocycles. The number of carbonyl (C=O) groups excluding carboxylic acids is 1. The van der Waals surface area contributed by atoms with Crippen LogP contribution in [-0.2, 0) is 4.79 Å². The number of hydrogen-bond acceptors (Lipinski definition) is 4. The van der Waals surface area contributed by atoms with E-state index in [1.54, 1.807) is 12.1 Å². The molecular weight excluding hydrogens is 270 g/mol. The molecule has 5 heteroatoms. The molecule has 5 nitrogen and oxygen atoms in total. The van der Waals surface area contributed by atoms with Crippen LogP contribution in [0.1, 0.15) is 24.6 Å². The van der Waals surface area contributed by atoms with E-state index in [0.29, 0.717) is 25.2 Å². The molecule has 0 fully saturated rings. The van der Waals surface area contributed by atoms with Gasteiger partial charge in [0.2, 0.25) is 5.91 Å². The summed E-state index contributed by atoms with van der Waals surface area (Å²) in [5.41, 5.74) is 0. The normalized spacial score (nSPS) is 11.9. The molecule has 0 spiro atoms. The second-order valence-electron chi connectivity index (χ2n) is 4.58. The first-order valence-electron chi connectivity index (χ1n) is 6.91. The van der Waals surface area contributed by atoms with Gasteiger partial charge in [-0.05, 0) is 30.7 Å². The highest BCUT2D eigenvalue weighted by Crippen LogP contribution is 2.13. The second kappa shape index (κ2) is 8.11. The molecule has 0 radical (unpaired) electrons. The number of rotatable bonds is 8. The standard InChI is InChI=1S/C16H19NO4/c18-12-14(15-8-4-11-21-15)17-16(19)9-5-10-20-13-6-2-1-3-7-13/h1-4,6-8,11,14,18H,5,9-10,12H2,(H,17,19). The fourth-order valence-electron chi connectivity index (χ4n) is 1.90. The van der Waals surface area contributed by atoms with Crippen molar-refractivity contribution in [3.05, 3.63) is 54.5 Å². The van der Waals surface area contributed by atoms with E-state index in [2.05, 4.69) is 5.32 Å². The predicted molar refractivity (Wildman–Crippen MR) is 77.8 cm³/mol. The number of ether oxygens (including phenoxy) is 1. The first-order valence-corrected chi connectivity index (χ1v) is 6.91. The average molecular weight is 289 g/mol. The fraction of sp³-hybridized carbons (Fsp3) is 0.312. The summed E-state index contributed by atoms with van der Waals surface area (Å²) in [4.78, 5) is 11.8. The second-order valence-corrected chi connectivity index (χ2v) is 4.58. The molecular formula is C16H19NO4. The van der Waals surface area contributed by atoms with Gasteiger partial charge in [0.25, 0.3) is 0 Å². The quantitative estimate of drug-likeness (QED) is 0.731. The number of amides is 1. The summed E-state index contributed by atoms with van der Waals surface area (Å²) in [6.07, 6.45) is 2.46. The maximum Gasteiger partial charge on any atom is 0.220 e. The maximum atomic E-state index is 11.8. The lowest BCUT2D eigenvalue weighted by Crippen LogP contribution is -2.30. The van der Waals surface area contributed by atoms with Gasteiger partial charge in [-0.3, -0.25) is 4.79 Å². The largest absolute Gasteiger partial charge is 0.494 e. The SMILES string of the molecule is O=C(CCCOc1ccccc1)NC(CO)c1ccco1. The van der Waals surface area contributed by atoms with Gasteiger partial charge in [0.05, 0.1) is 19.5 Å². The first kappa shape index (κ1) is 15.1. The third kappa shape index (κ3) is 4.96. The van der Waals surface area contributed by atoms with Gasteiger partial charge in [-0.25, -0.2) is 0 Å². The van der Waals surface area contributed by atoms with E-state index in [4.69, 9.17) is 9.15 Å². The van der Waals surface area contributed by atoms with Crippen LogP contribution in [0.5, 0.6) is 5.75 Å². The van der Waals surface area contributed by atoms with E-state index in [0.717, 1.165) is 5.75 Å². The Labute approximate surface area is 123 Å². The third-order valence-corrected chi connectivity index (χ3v) is 2.96. The van der Waals surface area contributed by atoms with Crippen LogP contribution in [0, 0.1) is 0 Å². The highest BCUT2D eigenvalue weighted by Gasteiger charge is 2.15. The van der Waals surface area contributed by atoms with Crippen LogP contribution >= 0.6 is 0 Å². The summed E-state index contributed by atoms with van der Waals surface area (Å²) in [6.45, 7) is 0.280. The lowest BCUT2D eigenvalue weighted by Gasteiger charge is -2.14. The van der Waals surface area contributed by atoms with E-state index < -0.39 is 6.04 Å². The van der Waals surface area contributed by atoms with Crippen molar-refractivity contribution in [3.8, 4) is 5.75 Å². The molecule has 1 heterocycles. The van der Waals surface area contributed by atoms with Gasteiger partial charge in [-0.1, -0.05) is 18.2 Å². The fourth-order valence-corrected chi connectivity index (χ4v) is 1.90. The number of benzene rings is 1. The van der Waals surface area contributed by atoms with Crippen molar-refractivity contribution in [3.63, 3.8) is 0 Å². The molecule has 1 aromatic carbocycles. The van der Waals surface area contributed by atoms with Crippen molar-refractivity contribution in [2.45, 2.75) is 18.9 Å². The van der Waals surface area contributed by atoms with E-state index in [-0.39, 0.29) is 12.5 Å².